The van der Waals surface area contributed by atoms with Gasteiger partial charge in [0.2, 0.25) is 0 Å². The van der Waals surface area contributed by atoms with Crippen molar-refractivity contribution in [2.75, 3.05) is 24.5 Å². The number of nitrogens with zero attached hydrogens (tertiary/aromatic N) is 5. The van der Waals surface area contributed by atoms with Crippen LogP contribution in [0, 0.1) is 0 Å². The number of piperazine rings is 1. The molecule has 0 bridgehead atoms. The van der Waals surface area contributed by atoms with Crippen LogP contribution in [0.15, 0.2) is 24.0 Å². The Morgan fingerprint density at radius 2 is 2.21 bits per heavy atom. The minimum Gasteiger partial charge on any atom is -0.343 e. The summed E-state index contributed by atoms with van der Waals surface area (Å²) in [4.78, 5) is 13.7. The van der Waals surface area contributed by atoms with E-state index in [-0.39, 0.29) is 0 Å². The van der Waals surface area contributed by atoms with Gasteiger partial charge in [0.15, 0.2) is 5.13 Å². The molecule has 5 nitrogen and oxygen atoms in total. The topological polar surface area (TPSA) is 37.2 Å². The van der Waals surface area contributed by atoms with E-state index in [2.05, 4.69) is 38.3 Å². The van der Waals surface area contributed by atoms with E-state index in [0.717, 1.165) is 37.1 Å². The zero-order valence-corrected chi connectivity index (χ0v) is 12.2. The zero-order valence-electron chi connectivity index (χ0n) is 11.4. The van der Waals surface area contributed by atoms with Gasteiger partial charge in [-0.15, -0.1) is 11.3 Å². The van der Waals surface area contributed by atoms with Crippen LogP contribution >= 0.6 is 11.3 Å². The first kappa shape index (κ1) is 12.6. The van der Waals surface area contributed by atoms with Crippen LogP contribution in [0.3, 0.4) is 0 Å². The lowest BCUT2D eigenvalue weighted by Crippen LogP contribution is -2.51. The molecule has 0 amide bonds. The Hall–Kier alpha value is -1.40. The zero-order chi connectivity index (χ0) is 13.2. The molecular weight excluding hydrogens is 258 g/mol. The van der Waals surface area contributed by atoms with Crippen LogP contribution in [0.5, 0.6) is 0 Å². The van der Waals surface area contributed by atoms with Gasteiger partial charge in [-0.1, -0.05) is 0 Å². The van der Waals surface area contributed by atoms with Gasteiger partial charge in [0.25, 0.3) is 0 Å². The number of hydrogen-bond donors (Lipinski definition) is 0. The molecule has 1 fully saturated rings. The number of hydrogen-bond acceptors (Lipinski definition) is 5. The van der Waals surface area contributed by atoms with E-state index < -0.39 is 0 Å². The molecule has 3 heterocycles. The van der Waals surface area contributed by atoms with Crippen molar-refractivity contribution in [1.82, 2.24) is 19.4 Å². The smallest absolute Gasteiger partial charge is 0.185 e. The summed E-state index contributed by atoms with van der Waals surface area (Å²) in [5.41, 5.74) is 0. The number of aromatic nitrogens is 3. The molecule has 1 atom stereocenters. The molecule has 19 heavy (non-hydrogen) atoms. The lowest BCUT2D eigenvalue weighted by molar-refractivity contribution is 0.214. The van der Waals surface area contributed by atoms with Crippen molar-refractivity contribution in [2.45, 2.75) is 19.5 Å². The fraction of sp³-hybridized carbons (Fsp3) is 0.538. The number of thiazole rings is 1. The van der Waals surface area contributed by atoms with Crippen molar-refractivity contribution in [3.8, 4) is 0 Å². The molecule has 0 radical (unpaired) electrons. The molecule has 2 aromatic heterocycles. The molecule has 0 aromatic carbocycles. The largest absolute Gasteiger partial charge is 0.343 e. The summed E-state index contributed by atoms with van der Waals surface area (Å²) in [7, 11) is 2.05. The number of imidazole rings is 1. The molecule has 6 heteroatoms. The molecule has 0 saturated carbocycles. The minimum atomic E-state index is 0.500. The molecule has 0 N–H and O–H groups in total. The average molecular weight is 277 g/mol. The second kappa shape index (κ2) is 5.30. The number of aryl methyl sites for hydroxylation is 1. The Bertz CT molecular complexity index is 521. The summed E-state index contributed by atoms with van der Waals surface area (Å²) < 4.78 is 2.10. The van der Waals surface area contributed by atoms with E-state index in [1.807, 2.05) is 24.0 Å². The third-order valence-corrected chi connectivity index (χ3v) is 4.47. The quantitative estimate of drug-likeness (QED) is 0.854. The predicted molar refractivity (Wildman–Crippen MR) is 77.4 cm³/mol. The maximum absolute atomic E-state index is 4.41. The highest BCUT2D eigenvalue weighted by atomic mass is 32.1. The molecule has 1 aliphatic heterocycles. The highest BCUT2D eigenvalue weighted by molar-refractivity contribution is 7.13. The Balaban J connectivity index is 1.63. The van der Waals surface area contributed by atoms with Crippen molar-refractivity contribution < 1.29 is 0 Å². The first-order valence-electron chi connectivity index (χ1n) is 6.58. The normalized spacial score (nSPS) is 20.9. The highest BCUT2D eigenvalue weighted by Crippen LogP contribution is 2.23. The van der Waals surface area contributed by atoms with Crippen LogP contribution < -0.4 is 4.90 Å². The predicted octanol–water partition coefficient (Wildman–Crippen LogP) is 1.59. The number of rotatable bonds is 3. The molecule has 102 valence electrons. The van der Waals surface area contributed by atoms with Crippen molar-refractivity contribution in [2.24, 2.45) is 7.05 Å². The molecule has 3 rings (SSSR count). The van der Waals surface area contributed by atoms with Crippen molar-refractivity contribution >= 4 is 16.5 Å². The van der Waals surface area contributed by atoms with Crippen molar-refractivity contribution in [1.29, 1.82) is 0 Å². The molecule has 0 spiro atoms. The molecule has 1 saturated heterocycles. The van der Waals surface area contributed by atoms with Crippen LogP contribution in [0.4, 0.5) is 5.13 Å². The lowest BCUT2D eigenvalue weighted by Gasteiger charge is -2.39. The standard InChI is InChI=1S/C13H19N5S/c1-11-9-17(10-12-14-3-5-16(12)2)6-7-18(11)13-15-4-8-19-13/h3-5,8,11H,6-7,9-10H2,1-2H3. The van der Waals surface area contributed by atoms with E-state index in [9.17, 15) is 0 Å². The Morgan fingerprint density at radius 1 is 1.32 bits per heavy atom. The van der Waals surface area contributed by atoms with Gasteiger partial charge < -0.3 is 9.47 Å². The maximum Gasteiger partial charge on any atom is 0.185 e. The Labute approximate surface area is 117 Å². The SMILES string of the molecule is CC1CN(Cc2nccn2C)CCN1c1nccs1. The van der Waals surface area contributed by atoms with Gasteiger partial charge in [-0.3, -0.25) is 4.90 Å². The van der Waals surface area contributed by atoms with E-state index in [0.29, 0.717) is 6.04 Å². The maximum atomic E-state index is 4.41. The summed E-state index contributed by atoms with van der Waals surface area (Å²) in [5.74, 6) is 1.13. The first-order valence-corrected chi connectivity index (χ1v) is 7.46. The van der Waals surface area contributed by atoms with Gasteiger partial charge in [0, 0.05) is 56.7 Å². The molecule has 2 aromatic rings. The van der Waals surface area contributed by atoms with Gasteiger partial charge >= 0.3 is 0 Å². The van der Waals surface area contributed by atoms with Crippen LogP contribution in [0.2, 0.25) is 0 Å². The third kappa shape index (κ3) is 2.64. The molecule has 0 aliphatic carbocycles. The lowest BCUT2D eigenvalue weighted by atomic mass is 10.2. The summed E-state index contributed by atoms with van der Waals surface area (Å²) in [6.07, 6.45) is 5.75. The Morgan fingerprint density at radius 3 is 2.84 bits per heavy atom. The van der Waals surface area contributed by atoms with Crippen LogP contribution in [-0.4, -0.2) is 45.1 Å². The molecule has 1 unspecified atom stereocenters. The average Bonchev–Trinajstić information content (AvgIpc) is 3.02. The summed E-state index contributed by atoms with van der Waals surface area (Å²) in [6.45, 7) is 6.37. The minimum absolute atomic E-state index is 0.500. The van der Waals surface area contributed by atoms with Crippen LogP contribution in [0.1, 0.15) is 12.7 Å². The van der Waals surface area contributed by atoms with E-state index >= 15 is 0 Å². The fourth-order valence-electron chi connectivity index (χ4n) is 2.57. The monoisotopic (exact) mass is 277 g/mol. The highest BCUT2D eigenvalue weighted by Gasteiger charge is 2.25. The van der Waals surface area contributed by atoms with Gasteiger partial charge in [-0.25, -0.2) is 9.97 Å². The molecular formula is C13H19N5S. The first-order chi connectivity index (χ1) is 9.24. The summed E-state index contributed by atoms with van der Waals surface area (Å²) in [6, 6.07) is 0.500. The van der Waals surface area contributed by atoms with E-state index in [1.165, 1.54) is 0 Å². The van der Waals surface area contributed by atoms with Crippen LogP contribution in [0.25, 0.3) is 0 Å². The second-order valence-corrected chi connectivity index (χ2v) is 5.92. The number of anilines is 1. The Kier molecular flexibility index (Phi) is 3.52. The van der Waals surface area contributed by atoms with Crippen molar-refractivity contribution in [3.05, 3.63) is 29.8 Å². The van der Waals surface area contributed by atoms with E-state index in [4.69, 9.17) is 0 Å². The summed E-state index contributed by atoms with van der Waals surface area (Å²) in [5, 5.41) is 3.19. The van der Waals surface area contributed by atoms with Crippen LogP contribution in [-0.2, 0) is 13.6 Å². The van der Waals surface area contributed by atoms with E-state index in [1.54, 1.807) is 11.3 Å². The molecule has 1 aliphatic rings. The van der Waals surface area contributed by atoms with Crippen molar-refractivity contribution in [3.63, 3.8) is 0 Å². The van der Waals surface area contributed by atoms with Gasteiger partial charge in [0.05, 0.1) is 6.54 Å². The second-order valence-electron chi connectivity index (χ2n) is 5.05. The van der Waals surface area contributed by atoms with Gasteiger partial charge in [-0.05, 0) is 6.92 Å². The van der Waals surface area contributed by atoms with Gasteiger partial charge in [0.1, 0.15) is 5.82 Å². The fourth-order valence-corrected chi connectivity index (χ4v) is 3.34. The third-order valence-electron chi connectivity index (χ3n) is 3.66. The van der Waals surface area contributed by atoms with Gasteiger partial charge in [-0.2, -0.15) is 0 Å². The summed E-state index contributed by atoms with van der Waals surface area (Å²) >= 11 is 1.72.